The van der Waals surface area contributed by atoms with E-state index in [1.165, 1.54) is 11.3 Å². The predicted octanol–water partition coefficient (Wildman–Crippen LogP) is 2.50. The van der Waals surface area contributed by atoms with Crippen LogP contribution in [0.3, 0.4) is 0 Å². The maximum atomic E-state index is 11.4. The molecular weight excluding hydrogens is 184 g/mol. The molecule has 0 unspecified atom stereocenters. The van der Waals surface area contributed by atoms with Crippen LogP contribution in [0.5, 0.6) is 5.06 Å². The fraction of sp³-hybridized carbons (Fsp3) is 0.300. The monoisotopic (exact) mass is 194 g/mol. The van der Waals surface area contributed by atoms with Crippen molar-refractivity contribution in [2.75, 3.05) is 7.11 Å². The first-order valence-corrected chi connectivity index (χ1v) is 5.00. The molecule has 1 aliphatic carbocycles. The molecule has 0 radical (unpaired) electrons. The Hall–Kier alpha value is -1.09. The zero-order valence-corrected chi connectivity index (χ0v) is 8.19. The van der Waals surface area contributed by atoms with Gasteiger partial charge in [0.15, 0.2) is 10.8 Å². The van der Waals surface area contributed by atoms with Crippen molar-refractivity contribution in [2.24, 2.45) is 0 Å². The van der Waals surface area contributed by atoms with Crippen LogP contribution < -0.4 is 4.74 Å². The van der Waals surface area contributed by atoms with Gasteiger partial charge in [-0.2, -0.15) is 0 Å². The molecule has 3 heteroatoms. The first kappa shape index (κ1) is 8.51. The van der Waals surface area contributed by atoms with Gasteiger partial charge in [0.1, 0.15) is 0 Å². The van der Waals surface area contributed by atoms with Gasteiger partial charge in [0.05, 0.1) is 7.11 Å². The third-order valence-electron chi connectivity index (χ3n) is 2.07. The second-order valence-corrected chi connectivity index (χ2v) is 3.95. The fourth-order valence-electron chi connectivity index (χ4n) is 1.41. The van der Waals surface area contributed by atoms with Crippen molar-refractivity contribution in [1.82, 2.24) is 0 Å². The third kappa shape index (κ3) is 1.52. The Kier molecular flexibility index (Phi) is 2.19. The van der Waals surface area contributed by atoms with Crippen LogP contribution in [-0.4, -0.2) is 12.9 Å². The van der Waals surface area contributed by atoms with Crippen molar-refractivity contribution < 1.29 is 9.53 Å². The van der Waals surface area contributed by atoms with Crippen molar-refractivity contribution in [2.45, 2.75) is 12.8 Å². The second-order valence-electron chi connectivity index (χ2n) is 2.90. The molecule has 1 aromatic heterocycles. The number of rotatable bonds is 2. The lowest BCUT2D eigenvalue weighted by Crippen LogP contribution is -1.91. The van der Waals surface area contributed by atoms with Gasteiger partial charge in [0.2, 0.25) is 0 Å². The summed E-state index contributed by atoms with van der Waals surface area (Å²) in [6, 6.07) is 3.84. The SMILES string of the molecule is COc1ccc(C2=CCCC2=O)s1. The lowest BCUT2D eigenvalue weighted by Gasteiger charge is -1.94. The highest BCUT2D eigenvalue weighted by Crippen LogP contribution is 2.33. The van der Waals surface area contributed by atoms with Gasteiger partial charge >= 0.3 is 0 Å². The Bertz CT molecular complexity index is 363. The number of ether oxygens (including phenoxy) is 1. The average Bonchev–Trinajstić information content (AvgIpc) is 2.71. The molecule has 0 saturated heterocycles. The van der Waals surface area contributed by atoms with Gasteiger partial charge in [-0.3, -0.25) is 4.79 Å². The maximum absolute atomic E-state index is 11.4. The van der Waals surface area contributed by atoms with Crippen molar-refractivity contribution in [3.8, 4) is 5.06 Å². The van der Waals surface area contributed by atoms with Gasteiger partial charge in [0, 0.05) is 16.9 Å². The molecule has 1 aromatic rings. The molecule has 68 valence electrons. The van der Waals surface area contributed by atoms with E-state index in [0.29, 0.717) is 6.42 Å². The molecule has 0 atom stereocenters. The number of thiophene rings is 1. The van der Waals surface area contributed by atoms with E-state index < -0.39 is 0 Å². The number of allylic oxidation sites excluding steroid dienone is 2. The van der Waals surface area contributed by atoms with Crippen molar-refractivity contribution in [3.05, 3.63) is 23.1 Å². The van der Waals surface area contributed by atoms with Gasteiger partial charge < -0.3 is 4.74 Å². The molecular formula is C10H10O2S. The Morgan fingerprint density at radius 2 is 2.31 bits per heavy atom. The molecule has 13 heavy (non-hydrogen) atoms. The summed E-state index contributed by atoms with van der Waals surface area (Å²) < 4.78 is 5.07. The van der Waals surface area contributed by atoms with E-state index in [4.69, 9.17) is 4.74 Å². The highest BCUT2D eigenvalue weighted by atomic mass is 32.1. The molecule has 1 heterocycles. The van der Waals surface area contributed by atoms with Crippen LogP contribution in [0.25, 0.3) is 5.57 Å². The molecule has 0 saturated carbocycles. The normalized spacial score (nSPS) is 16.1. The van der Waals surface area contributed by atoms with E-state index >= 15 is 0 Å². The van der Waals surface area contributed by atoms with Gasteiger partial charge in [-0.05, 0) is 18.6 Å². The summed E-state index contributed by atoms with van der Waals surface area (Å²) in [6.07, 6.45) is 3.55. The quantitative estimate of drug-likeness (QED) is 0.723. The standard InChI is InChI=1S/C10H10O2S/c1-12-10-6-5-9(13-10)7-3-2-4-8(7)11/h3,5-6H,2,4H2,1H3. The highest BCUT2D eigenvalue weighted by molar-refractivity contribution is 7.15. The topological polar surface area (TPSA) is 26.3 Å². The summed E-state index contributed by atoms with van der Waals surface area (Å²) in [7, 11) is 1.64. The van der Waals surface area contributed by atoms with E-state index in [0.717, 1.165) is 21.9 Å². The summed E-state index contributed by atoms with van der Waals surface area (Å²) >= 11 is 1.52. The smallest absolute Gasteiger partial charge is 0.173 e. The molecule has 0 bridgehead atoms. The van der Waals surface area contributed by atoms with Gasteiger partial charge in [-0.15, -0.1) is 0 Å². The van der Waals surface area contributed by atoms with Crippen molar-refractivity contribution in [1.29, 1.82) is 0 Å². The number of hydrogen-bond donors (Lipinski definition) is 0. The van der Waals surface area contributed by atoms with Crippen LogP contribution in [0.4, 0.5) is 0 Å². The zero-order chi connectivity index (χ0) is 9.26. The van der Waals surface area contributed by atoms with Crippen LogP contribution in [0.2, 0.25) is 0 Å². The fourth-order valence-corrected chi connectivity index (χ4v) is 2.29. The van der Waals surface area contributed by atoms with Crippen molar-refractivity contribution in [3.63, 3.8) is 0 Å². The minimum Gasteiger partial charge on any atom is -0.487 e. The van der Waals surface area contributed by atoms with Crippen LogP contribution in [-0.2, 0) is 4.79 Å². The number of carbonyl (C=O) groups excluding carboxylic acids is 1. The Labute approximate surface area is 80.8 Å². The number of ketones is 1. The van der Waals surface area contributed by atoms with Crippen LogP contribution in [0.15, 0.2) is 18.2 Å². The summed E-state index contributed by atoms with van der Waals surface area (Å²) in [4.78, 5) is 12.4. The Morgan fingerprint density at radius 3 is 2.85 bits per heavy atom. The van der Waals surface area contributed by atoms with Gasteiger partial charge in [-0.25, -0.2) is 0 Å². The summed E-state index contributed by atoms with van der Waals surface area (Å²) in [5.74, 6) is 0.254. The van der Waals surface area contributed by atoms with E-state index in [-0.39, 0.29) is 5.78 Å². The largest absolute Gasteiger partial charge is 0.487 e. The molecule has 2 nitrogen and oxygen atoms in total. The molecule has 0 N–H and O–H groups in total. The molecule has 0 spiro atoms. The van der Waals surface area contributed by atoms with Crippen LogP contribution in [0.1, 0.15) is 17.7 Å². The Balaban J connectivity index is 2.30. The van der Waals surface area contributed by atoms with Crippen LogP contribution >= 0.6 is 11.3 Å². The number of carbonyl (C=O) groups is 1. The van der Waals surface area contributed by atoms with Gasteiger partial charge in [0.25, 0.3) is 0 Å². The molecule has 0 aromatic carbocycles. The van der Waals surface area contributed by atoms with Gasteiger partial charge in [-0.1, -0.05) is 17.4 Å². The average molecular weight is 194 g/mol. The molecule has 2 rings (SSSR count). The lowest BCUT2D eigenvalue weighted by atomic mass is 10.2. The number of hydrogen-bond acceptors (Lipinski definition) is 3. The predicted molar refractivity (Wildman–Crippen MR) is 53.1 cm³/mol. The zero-order valence-electron chi connectivity index (χ0n) is 7.37. The molecule has 0 aliphatic heterocycles. The Morgan fingerprint density at radius 1 is 1.46 bits per heavy atom. The maximum Gasteiger partial charge on any atom is 0.173 e. The first-order valence-electron chi connectivity index (χ1n) is 4.19. The van der Waals surface area contributed by atoms with Crippen LogP contribution in [0, 0.1) is 0 Å². The third-order valence-corrected chi connectivity index (χ3v) is 3.15. The molecule has 0 fully saturated rings. The first-order chi connectivity index (χ1) is 6.31. The molecule has 1 aliphatic rings. The number of Topliss-reactive ketones (excluding diaryl/α,β-unsaturated/α-hetero) is 1. The molecule has 0 amide bonds. The highest BCUT2D eigenvalue weighted by Gasteiger charge is 2.18. The van der Waals surface area contributed by atoms with Crippen molar-refractivity contribution >= 4 is 22.7 Å². The minimum absolute atomic E-state index is 0.254. The van der Waals surface area contributed by atoms with E-state index in [1.54, 1.807) is 7.11 Å². The lowest BCUT2D eigenvalue weighted by molar-refractivity contribution is -0.113. The van der Waals surface area contributed by atoms with E-state index in [9.17, 15) is 4.79 Å². The summed E-state index contributed by atoms with van der Waals surface area (Å²) in [5.41, 5.74) is 0.869. The number of methoxy groups -OCH3 is 1. The van der Waals surface area contributed by atoms with E-state index in [2.05, 4.69) is 0 Å². The summed E-state index contributed by atoms with van der Waals surface area (Å²) in [5, 5.41) is 0.857. The van der Waals surface area contributed by atoms with E-state index in [1.807, 2.05) is 18.2 Å². The minimum atomic E-state index is 0.254. The summed E-state index contributed by atoms with van der Waals surface area (Å²) in [6.45, 7) is 0. The second kappa shape index (κ2) is 3.34.